The van der Waals surface area contributed by atoms with Gasteiger partial charge in [0.15, 0.2) is 12.4 Å². The topological polar surface area (TPSA) is 107 Å². The van der Waals surface area contributed by atoms with Crippen LogP contribution in [0.5, 0.6) is 0 Å². The molecule has 0 aromatic rings. The number of aliphatic hydroxyl groups excluding tert-OH is 3. The zero-order valence-corrected chi connectivity index (χ0v) is 10.9. The Morgan fingerprint density at radius 3 is 2.12 bits per heavy atom. The van der Waals surface area contributed by atoms with Crippen molar-refractivity contribution in [2.24, 2.45) is 0 Å². The molecule has 1 saturated heterocycles. The average Bonchev–Trinajstić information content (AvgIpc) is 2.10. The fourth-order valence-electron chi connectivity index (χ4n) is 1.55. The van der Waals surface area contributed by atoms with Gasteiger partial charge >= 0.3 is 5.97 Å². The van der Waals surface area contributed by atoms with Crippen LogP contribution >= 0.6 is 31.4 Å². The summed E-state index contributed by atoms with van der Waals surface area (Å²) in [7, 11) is -2.06. The van der Waals surface area contributed by atoms with E-state index in [0.29, 0.717) is 0 Å². The van der Waals surface area contributed by atoms with E-state index in [0.717, 1.165) is 0 Å². The molecule has 1 heterocycles. The molecular formula is C7H14O6S3. The second kappa shape index (κ2) is 4.92. The minimum Gasteiger partial charge on any atom is -0.479 e. The van der Waals surface area contributed by atoms with Crippen molar-refractivity contribution < 1.29 is 30.0 Å². The Balaban J connectivity index is 3.03. The van der Waals surface area contributed by atoms with E-state index in [1.165, 1.54) is 0 Å². The number of hydrogen-bond acceptors (Lipinski definition) is 7. The van der Waals surface area contributed by atoms with E-state index in [9.17, 15) is 20.1 Å². The molecule has 4 N–H and O–H groups in total. The molecule has 0 aromatic heterocycles. The summed E-state index contributed by atoms with van der Waals surface area (Å²) in [5.74, 6) is -1.34. The molecule has 1 fully saturated rings. The van der Waals surface area contributed by atoms with Gasteiger partial charge in [0.05, 0.1) is 11.4 Å². The molecule has 16 heavy (non-hydrogen) atoms. The first-order chi connectivity index (χ1) is 7.16. The lowest BCUT2D eigenvalue weighted by molar-refractivity contribution is -0.245. The number of thiol groups is 2. The third-order valence-electron chi connectivity index (χ3n) is 2.32. The second-order valence-electron chi connectivity index (χ2n) is 3.62. The van der Waals surface area contributed by atoms with Crippen LogP contribution in [0.3, 0.4) is 0 Å². The number of rotatable bonds is 2. The number of carboxylic acids is 1. The molecule has 1 aliphatic rings. The Bertz CT molecular complexity index is 280. The van der Waals surface area contributed by atoms with Gasteiger partial charge in [0.1, 0.15) is 6.10 Å². The summed E-state index contributed by atoms with van der Waals surface area (Å²) < 4.78 is 4.74. The van der Waals surface area contributed by atoms with E-state index in [2.05, 4.69) is 23.3 Å². The summed E-state index contributed by atoms with van der Waals surface area (Å²) in [6, 6.07) is 0. The highest BCUT2D eigenvalue weighted by Crippen LogP contribution is 2.61. The van der Waals surface area contributed by atoms with Crippen LogP contribution in [0.1, 0.15) is 0 Å². The summed E-state index contributed by atoms with van der Waals surface area (Å²) >= 11 is 8.26. The van der Waals surface area contributed by atoms with Crippen molar-refractivity contribution in [1.29, 1.82) is 0 Å². The monoisotopic (exact) mass is 290 g/mol. The molecule has 0 unspecified atom stereocenters. The number of aliphatic carboxylic acids is 1. The highest BCUT2D eigenvalue weighted by molar-refractivity contribution is 9.17. The highest BCUT2D eigenvalue weighted by Gasteiger charge is 2.51. The summed E-state index contributed by atoms with van der Waals surface area (Å²) in [6.07, 6.45) is -4.62. The third kappa shape index (κ3) is 2.78. The maximum atomic E-state index is 10.9. The molecule has 1 rings (SSSR count). The predicted molar refractivity (Wildman–Crippen MR) is 65.8 cm³/mol. The maximum absolute atomic E-state index is 10.9. The molecule has 0 bridgehead atoms. The first kappa shape index (κ1) is 14.4. The largest absolute Gasteiger partial charge is 0.479 e. The maximum Gasteiger partial charge on any atom is 0.334 e. The van der Waals surface area contributed by atoms with Crippen LogP contribution in [-0.2, 0) is 9.53 Å². The highest BCUT2D eigenvalue weighted by atomic mass is 33.5. The Morgan fingerprint density at radius 2 is 1.75 bits per heavy atom. The van der Waals surface area contributed by atoms with Crippen LogP contribution in [0, 0.1) is 0 Å². The molecule has 96 valence electrons. The van der Waals surface area contributed by atoms with Gasteiger partial charge in [0.2, 0.25) is 0 Å². The van der Waals surface area contributed by atoms with Gasteiger partial charge in [-0.3, -0.25) is 0 Å². The standard InChI is InChI=1S/C7H14O6S3/c1-16(14,15)5-2(8)3(9)7(12)13-4(5)6(10)11/h2-5,7-9,12,14-15H,1H3,(H,10,11)/t2-,3-,4+,5+,7-/m1/s1. The summed E-state index contributed by atoms with van der Waals surface area (Å²) in [5.41, 5.74) is 0. The average molecular weight is 290 g/mol. The molecule has 5 atom stereocenters. The SMILES string of the molecule is CS(S)(S)[C@H]1[C@H](O)[C@@H](O)[C@H](O)O[C@@H]1C(=O)O. The van der Waals surface area contributed by atoms with E-state index in [-0.39, 0.29) is 0 Å². The number of aliphatic hydroxyl groups is 3. The second-order valence-corrected chi connectivity index (χ2v) is 11.4. The smallest absolute Gasteiger partial charge is 0.334 e. The van der Waals surface area contributed by atoms with Gasteiger partial charge < -0.3 is 25.2 Å². The van der Waals surface area contributed by atoms with Crippen molar-refractivity contribution in [3.63, 3.8) is 0 Å². The molecule has 1 aliphatic heterocycles. The van der Waals surface area contributed by atoms with Crippen molar-refractivity contribution >= 4 is 37.4 Å². The van der Waals surface area contributed by atoms with E-state index in [1.807, 2.05) is 0 Å². The van der Waals surface area contributed by atoms with Crippen LogP contribution in [0.25, 0.3) is 0 Å². The quantitative estimate of drug-likeness (QED) is 0.288. The van der Waals surface area contributed by atoms with Gasteiger partial charge in [0.25, 0.3) is 0 Å². The van der Waals surface area contributed by atoms with E-state index < -0.39 is 43.9 Å². The third-order valence-corrected chi connectivity index (χ3v) is 5.34. The molecule has 0 amide bonds. The molecule has 0 radical (unpaired) electrons. The minimum atomic E-state index is -2.06. The zero-order chi connectivity index (χ0) is 12.7. The van der Waals surface area contributed by atoms with E-state index in [1.54, 1.807) is 6.26 Å². The first-order valence-electron chi connectivity index (χ1n) is 4.30. The Hall–Kier alpha value is 0.360. The summed E-state index contributed by atoms with van der Waals surface area (Å²) in [6.45, 7) is 0. The predicted octanol–water partition coefficient (Wildman–Crippen LogP) is -0.997. The van der Waals surface area contributed by atoms with Crippen LogP contribution in [-0.4, -0.2) is 62.5 Å². The molecule has 0 saturated carbocycles. The van der Waals surface area contributed by atoms with Crippen molar-refractivity contribution in [1.82, 2.24) is 0 Å². The van der Waals surface area contributed by atoms with Gasteiger partial charge in [0, 0.05) is 0 Å². The molecule has 0 aromatic carbocycles. The van der Waals surface area contributed by atoms with Gasteiger partial charge in [-0.05, 0) is 6.26 Å². The molecular weight excluding hydrogens is 276 g/mol. The number of hydrogen-bond donors (Lipinski definition) is 6. The van der Waals surface area contributed by atoms with E-state index in [4.69, 9.17) is 9.84 Å². The Kier molecular flexibility index (Phi) is 4.44. The van der Waals surface area contributed by atoms with Crippen molar-refractivity contribution in [2.45, 2.75) is 29.9 Å². The summed E-state index contributed by atoms with van der Waals surface area (Å²) in [5, 5.41) is 36.3. The summed E-state index contributed by atoms with van der Waals surface area (Å²) in [4.78, 5) is 10.9. The number of carboxylic acid groups (broad SMARTS) is 1. The van der Waals surface area contributed by atoms with Gasteiger partial charge in [-0.15, -0.1) is 31.4 Å². The van der Waals surface area contributed by atoms with Crippen LogP contribution in [0.4, 0.5) is 0 Å². The molecule has 0 spiro atoms. The van der Waals surface area contributed by atoms with Crippen LogP contribution in [0.15, 0.2) is 0 Å². The lowest BCUT2D eigenvalue weighted by Gasteiger charge is -2.46. The van der Waals surface area contributed by atoms with Crippen LogP contribution < -0.4 is 0 Å². The van der Waals surface area contributed by atoms with Gasteiger partial charge in [-0.2, -0.15) is 0 Å². The van der Waals surface area contributed by atoms with Gasteiger partial charge in [-0.1, -0.05) is 0 Å². The fourth-order valence-corrected chi connectivity index (χ4v) is 4.30. The van der Waals surface area contributed by atoms with Crippen molar-refractivity contribution in [3.05, 3.63) is 0 Å². The zero-order valence-electron chi connectivity index (χ0n) is 8.29. The lowest BCUT2D eigenvalue weighted by atomic mass is 10.0. The Labute approximate surface area is 104 Å². The van der Waals surface area contributed by atoms with Crippen molar-refractivity contribution in [2.75, 3.05) is 6.26 Å². The molecule has 0 aliphatic carbocycles. The number of carbonyl (C=O) groups is 1. The molecule has 6 nitrogen and oxygen atoms in total. The lowest BCUT2D eigenvalue weighted by Crippen LogP contribution is -2.59. The van der Waals surface area contributed by atoms with Gasteiger partial charge in [-0.25, -0.2) is 4.79 Å². The molecule has 9 heteroatoms. The first-order valence-corrected chi connectivity index (χ1v) is 8.51. The normalized spacial score (nSPS) is 41.8. The minimum absolute atomic E-state index is 0.977. The van der Waals surface area contributed by atoms with Crippen LogP contribution in [0.2, 0.25) is 0 Å². The number of ether oxygens (including phenoxy) is 1. The van der Waals surface area contributed by atoms with E-state index >= 15 is 0 Å². The van der Waals surface area contributed by atoms with Crippen molar-refractivity contribution in [3.8, 4) is 0 Å². The Morgan fingerprint density at radius 1 is 1.25 bits per heavy atom. The fraction of sp³-hybridized carbons (Fsp3) is 0.857.